The van der Waals surface area contributed by atoms with Gasteiger partial charge in [-0.3, -0.25) is 14.3 Å². The molecule has 2 heterocycles. The number of amides is 1. The average molecular weight is 381 g/mol. The Bertz CT molecular complexity index is 910. The molecule has 3 rings (SSSR count). The molecule has 0 fully saturated rings. The van der Waals surface area contributed by atoms with Gasteiger partial charge in [0.05, 0.1) is 12.9 Å². The summed E-state index contributed by atoms with van der Waals surface area (Å²) in [5, 5.41) is 12.0. The summed E-state index contributed by atoms with van der Waals surface area (Å²) in [5.41, 5.74) is 1.71. The molecule has 8 heteroatoms. The van der Waals surface area contributed by atoms with Crippen LogP contribution in [0.1, 0.15) is 0 Å². The second-order valence-corrected chi connectivity index (χ2v) is 6.41. The van der Waals surface area contributed by atoms with E-state index in [9.17, 15) is 4.79 Å². The standard InChI is InChI=1S/C19H19N5O2S/c1-3-10-21-17(25)13-27-19-23-22-18(14-5-4-11-20-12-14)24(19)15-6-8-16(26-2)9-7-15/h3-9,11-12H,1,10,13H2,2H3,(H,21,25). The topological polar surface area (TPSA) is 81.9 Å². The van der Waals surface area contributed by atoms with E-state index in [4.69, 9.17) is 4.74 Å². The van der Waals surface area contributed by atoms with Gasteiger partial charge < -0.3 is 10.1 Å². The van der Waals surface area contributed by atoms with Gasteiger partial charge in [-0.05, 0) is 36.4 Å². The van der Waals surface area contributed by atoms with E-state index in [1.165, 1.54) is 11.8 Å². The summed E-state index contributed by atoms with van der Waals surface area (Å²) < 4.78 is 7.14. The lowest BCUT2D eigenvalue weighted by atomic mass is 10.2. The van der Waals surface area contributed by atoms with Gasteiger partial charge in [-0.15, -0.1) is 16.8 Å². The first-order valence-corrected chi connectivity index (χ1v) is 9.22. The van der Waals surface area contributed by atoms with E-state index < -0.39 is 0 Å². The predicted molar refractivity (Wildman–Crippen MR) is 105 cm³/mol. The number of pyridine rings is 1. The van der Waals surface area contributed by atoms with E-state index in [0.717, 1.165) is 17.0 Å². The third kappa shape index (κ3) is 4.53. The molecule has 0 radical (unpaired) electrons. The number of benzene rings is 1. The maximum atomic E-state index is 11.9. The normalized spacial score (nSPS) is 10.4. The summed E-state index contributed by atoms with van der Waals surface area (Å²) in [4.78, 5) is 16.1. The molecule has 3 aromatic rings. The number of aromatic nitrogens is 4. The first-order valence-electron chi connectivity index (χ1n) is 8.23. The summed E-state index contributed by atoms with van der Waals surface area (Å²) in [6.45, 7) is 4.03. The smallest absolute Gasteiger partial charge is 0.230 e. The minimum Gasteiger partial charge on any atom is -0.497 e. The number of carbonyl (C=O) groups excluding carboxylic acids is 1. The number of thioether (sulfide) groups is 1. The van der Waals surface area contributed by atoms with Crippen LogP contribution in [0.4, 0.5) is 0 Å². The van der Waals surface area contributed by atoms with Crippen molar-refractivity contribution in [2.45, 2.75) is 5.16 Å². The summed E-state index contributed by atoms with van der Waals surface area (Å²) >= 11 is 1.32. The molecule has 0 bridgehead atoms. The fraction of sp³-hybridized carbons (Fsp3) is 0.158. The summed E-state index contributed by atoms with van der Waals surface area (Å²) in [6, 6.07) is 11.3. The van der Waals surface area contributed by atoms with Crippen LogP contribution in [0.2, 0.25) is 0 Å². The molecule has 0 spiro atoms. The number of hydrogen-bond acceptors (Lipinski definition) is 6. The molecule has 0 unspecified atom stereocenters. The Labute approximate surface area is 161 Å². The molecule has 7 nitrogen and oxygen atoms in total. The molecule has 0 atom stereocenters. The van der Waals surface area contributed by atoms with Crippen LogP contribution in [-0.2, 0) is 4.79 Å². The average Bonchev–Trinajstić information content (AvgIpc) is 3.15. The molecule has 1 amide bonds. The largest absolute Gasteiger partial charge is 0.497 e. The fourth-order valence-corrected chi connectivity index (χ4v) is 3.16. The Morgan fingerprint density at radius 3 is 2.78 bits per heavy atom. The molecule has 0 saturated heterocycles. The second kappa shape index (κ2) is 9.00. The van der Waals surface area contributed by atoms with E-state index >= 15 is 0 Å². The molecule has 0 aliphatic heterocycles. The van der Waals surface area contributed by atoms with Gasteiger partial charge in [0.2, 0.25) is 5.91 Å². The van der Waals surface area contributed by atoms with Crippen molar-refractivity contribution in [3.63, 3.8) is 0 Å². The monoisotopic (exact) mass is 381 g/mol. The van der Waals surface area contributed by atoms with Gasteiger partial charge in [-0.25, -0.2) is 0 Å². The van der Waals surface area contributed by atoms with Crippen LogP contribution < -0.4 is 10.1 Å². The highest BCUT2D eigenvalue weighted by molar-refractivity contribution is 7.99. The third-order valence-corrected chi connectivity index (χ3v) is 4.59. The minimum absolute atomic E-state index is 0.0906. The van der Waals surface area contributed by atoms with E-state index in [1.54, 1.807) is 25.6 Å². The highest BCUT2D eigenvalue weighted by Gasteiger charge is 2.17. The summed E-state index contributed by atoms with van der Waals surface area (Å²) in [7, 11) is 1.62. The molecular formula is C19H19N5O2S. The van der Waals surface area contributed by atoms with Gasteiger partial charge in [0.15, 0.2) is 11.0 Å². The maximum Gasteiger partial charge on any atom is 0.230 e. The summed E-state index contributed by atoms with van der Waals surface area (Å²) in [5.74, 6) is 1.55. The van der Waals surface area contributed by atoms with Crippen molar-refractivity contribution in [1.82, 2.24) is 25.1 Å². The van der Waals surface area contributed by atoms with Gasteiger partial charge in [-0.2, -0.15) is 0 Å². The zero-order chi connectivity index (χ0) is 19.1. The second-order valence-electron chi connectivity index (χ2n) is 5.46. The number of nitrogens with zero attached hydrogens (tertiary/aromatic N) is 4. The SMILES string of the molecule is C=CCNC(=O)CSc1nnc(-c2cccnc2)n1-c1ccc(OC)cc1. The molecule has 1 N–H and O–H groups in total. The first-order chi connectivity index (χ1) is 13.2. The van der Waals surface area contributed by atoms with E-state index in [1.807, 2.05) is 41.0 Å². The van der Waals surface area contributed by atoms with Crippen LogP contribution in [0, 0.1) is 0 Å². The van der Waals surface area contributed by atoms with Crippen molar-refractivity contribution >= 4 is 17.7 Å². The molecule has 2 aromatic heterocycles. The van der Waals surface area contributed by atoms with Crippen LogP contribution >= 0.6 is 11.8 Å². The fourth-order valence-electron chi connectivity index (χ4n) is 2.38. The lowest BCUT2D eigenvalue weighted by Gasteiger charge is -2.11. The number of methoxy groups -OCH3 is 1. The van der Waals surface area contributed by atoms with E-state index in [0.29, 0.717) is 17.5 Å². The van der Waals surface area contributed by atoms with Crippen LogP contribution in [0.25, 0.3) is 17.1 Å². The quantitative estimate of drug-likeness (QED) is 0.477. The van der Waals surface area contributed by atoms with Crippen molar-refractivity contribution in [1.29, 1.82) is 0 Å². The number of ether oxygens (including phenoxy) is 1. The highest BCUT2D eigenvalue weighted by atomic mass is 32.2. The lowest BCUT2D eigenvalue weighted by Crippen LogP contribution is -2.25. The van der Waals surface area contributed by atoms with Crippen molar-refractivity contribution in [3.8, 4) is 22.8 Å². The van der Waals surface area contributed by atoms with Crippen molar-refractivity contribution in [2.75, 3.05) is 19.4 Å². The molecule has 138 valence electrons. The maximum absolute atomic E-state index is 11.9. The number of carbonyl (C=O) groups is 1. The van der Waals surface area contributed by atoms with Crippen LogP contribution in [-0.4, -0.2) is 45.1 Å². The van der Waals surface area contributed by atoms with Crippen LogP contribution in [0.3, 0.4) is 0 Å². The van der Waals surface area contributed by atoms with Gasteiger partial charge >= 0.3 is 0 Å². The van der Waals surface area contributed by atoms with Crippen molar-refractivity contribution < 1.29 is 9.53 Å². The van der Waals surface area contributed by atoms with Crippen molar-refractivity contribution in [3.05, 3.63) is 61.4 Å². The highest BCUT2D eigenvalue weighted by Crippen LogP contribution is 2.28. The minimum atomic E-state index is -0.0906. The Kier molecular flexibility index (Phi) is 6.22. The Morgan fingerprint density at radius 2 is 2.11 bits per heavy atom. The molecule has 0 saturated carbocycles. The molecule has 1 aromatic carbocycles. The van der Waals surface area contributed by atoms with Crippen LogP contribution in [0.5, 0.6) is 5.75 Å². The Hall–Kier alpha value is -3.13. The molecule has 0 aliphatic rings. The summed E-state index contributed by atoms with van der Waals surface area (Å²) in [6.07, 6.45) is 5.08. The molecule has 0 aliphatic carbocycles. The van der Waals surface area contributed by atoms with E-state index in [2.05, 4.69) is 27.1 Å². The Balaban J connectivity index is 1.94. The number of hydrogen-bond donors (Lipinski definition) is 1. The zero-order valence-electron chi connectivity index (χ0n) is 14.8. The predicted octanol–water partition coefficient (Wildman–Crippen LogP) is 2.73. The number of nitrogens with one attached hydrogen (secondary N) is 1. The third-order valence-electron chi connectivity index (χ3n) is 3.66. The molecular weight excluding hydrogens is 362 g/mol. The van der Waals surface area contributed by atoms with Gasteiger partial charge in [0.25, 0.3) is 0 Å². The number of rotatable bonds is 8. The Morgan fingerprint density at radius 1 is 1.30 bits per heavy atom. The van der Waals surface area contributed by atoms with Crippen LogP contribution in [0.15, 0.2) is 66.6 Å². The lowest BCUT2D eigenvalue weighted by molar-refractivity contribution is -0.118. The zero-order valence-corrected chi connectivity index (χ0v) is 15.6. The van der Waals surface area contributed by atoms with Crippen molar-refractivity contribution in [2.24, 2.45) is 0 Å². The first kappa shape index (κ1) is 18.7. The van der Waals surface area contributed by atoms with E-state index in [-0.39, 0.29) is 11.7 Å². The van der Waals surface area contributed by atoms with Gasteiger partial charge in [0.1, 0.15) is 5.75 Å². The molecule has 27 heavy (non-hydrogen) atoms. The van der Waals surface area contributed by atoms with Gasteiger partial charge in [0, 0.05) is 30.2 Å². The van der Waals surface area contributed by atoms with Gasteiger partial charge in [-0.1, -0.05) is 17.8 Å².